The number of sulfonamides is 1. The standard InChI is InChI=1S/C22H27ClN4O4S/c1-3-27(4-2)32(30,31)19-10-7-16(8-11-19)22(29)26-13-5-6-17(15-26)21(28)25-20-12-9-18(23)14-24-20/h7-12,14,17H,3-6,13,15H2,1-2H3,(H,24,25,28). The lowest BCUT2D eigenvalue weighted by Crippen LogP contribution is -2.43. The van der Waals surface area contributed by atoms with Crippen LogP contribution in [0.4, 0.5) is 5.82 Å². The van der Waals surface area contributed by atoms with Crippen LogP contribution < -0.4 is 5.32 Å². The van der Waals surface area contributed by atoms with Crippen LogP contribution in [-0.2, 0) is 14.8 Å². The molecule has 0 saturated carbocycles. The number of rotatable bonds is 7. The molecule has 1 unspecified atom stereocenters. The van der Waals surface area contributed by atoms with E-state index in [0.29, 0.717) is 48.9 Å². The Bertz CT molecular complexity index is 1050. The quantitative estimate of drug-likeness (QED) is 0.658. The molecule has 8 nitrogen and oxygen atoms in total. The second-order valence-corrected chi connectivity index (χ2v) is 9.93. The summed E-state index contributed by atoms with van der Waals surface area (Å²) < 4.78 is 26.6. The average molecular weight is 479 g/mol. The van der Waals surface area contributed by atoms with Gasteiger partial charge in [0.15, 0.2) is 0 Å². The maximum absolute atomic E-state index is 13.0. The van der Waals surface area contributed by atoms with Crippen molar-refractivity contribution in [3.8, 4) is 0 Å². The number of aromatic nitrogens is 1. The first-order valence-electron chi connectivity index (χ1n) is 10.6. The molecule has 1 aliphatic rings. The largest absolute Gasteiger partial charge is 0.338 e. The third-order valence-electron chi connectivity index (χ3n) is 5.50. The van der Waals surface area contributed by atoms with Crippen LogP contribution in [0.5, 0.6) is 0 Å². The Labute approximate surface area is 193 Å². The van der Waals surface area contributed by atoms with Gasteiger partial charge in [0, 0.05) is 37.9 Å². The predicted octanol–water partition coefficient (Wildman–Crippen LogP) is 3.26. The highest BCUT2D eigenvalue weighted by molar-refractivity contribution is 7.89. The first-order valence-corrected chi connectivity index (χ1v) is 12.4. The molecule has 2 aromatic rings. The number of benzene rings is 1. The van der Waals surface area contributed by atoms with E-state index in [-0.39, 0.29) is 29.2 Å². The van der Waals surface area contributed by atoms with Crippen molar-refractivity contribution in [2.75, 3.05) is 31.5 Å². The minimum absolute atomic E-state index is 0.157. The molecule has 1 aromatic carbocycles. The average Bonchev–Trinajstić information content (AvgIpc) is 2.81. The lowest BCUT2D eigenvalue weighted by Gasteiger charge is -2.32. The van der Waals surface area contributed by atoms with E-state index < -0.39 is 10.0 Å². The number of anilines is 1. The fourth-order valence-corrected chi connectivity index (χ4v) is 5.29. The molecular weight excluding hydrogens is 452 g/mol. The van der Waals surface area contributed by atoms with E-state index in [1.54, 1.807) is 30.9 Å². The zero-order valence-electron chi connectivity index (χ0n) is 18.1. The zero-order chi connectivity index (χ0) is 23.3. The summed E-state index contributed by atoms with van der Waals surface area (Å²) in [6, 6.07) is 9.24. The molecule has 2 heterocycles. The summed E-state index contributed by atoms with van der Waals surface area (Å²) in [6.07, 6.45) is 2.83. The Hall–Kier alpha value is -2.49. The second kappa shape index (κ2) is 10.4. The van der Waals surface area contributed by atoms with Gasteiger partial charge < -0.3 is 10.2 Å². The molecule has 2 amide bonds. The van der Waals surface area contributed by atoms with Crippen molar-refractivity contribution >= 4 is 39.3 Å². The molecule has 32 heavy (non-hydrogen) atoms. The van der Waals surface area contributed by atoms with Crippen molar-refractivity contribution in [1.82, 2.24) is 14.2 Å². The number of pyridine rings is 1. The fraction of sp³-hybridized carbons (Fsp3) is 0.409. The second-order valence-electron chi connectivity index (χ2n) is 7.55. The molecular formula is C22H27ClN4O4S. The number of hydrogen-bond donors (Lipinski definition) is 1. The minimum Gasteiger partial charge on any atom is -0.338 e. The topological polar surface area (TPSA) is 99.7 Å². The van der Waals surface area contributed by atoms with Crippen LogP contribution in [0.15, 0.2) is 47.5 Å². The van der Waals surface area contributed by atoms with Crippen molar-refractivity contribution in [1.29, 1.82) is 0 Å². The smallest absolute Gasteiger partial charge is 0.253 e. The number of likely N-dealkylation sites (tertiary alicyclic amines) is 1. The van der Waals surface area contributed by atoms with Crippen LogP contribution in [0, 0.1) is 5.92 Å². The van der Waals surface area contributed by atoms with Gasteiger partial charge in [-0.25, -0.2) is 13.4 Å². The highest BCUT2D eigenvalue weighted by Gasteiger charge is 2.29. The first-order chi connectivity index (χ1) is 15.3. The molecule has 0 bridgehead atoms. The third kappa shape index (κ3) is 5.46. The molecule has 1 fully saturated rings. The van der Waals surface area contributed by atoms with Gasteiger partial charge in [-0.3, -0.25) is 9.59 Å². The van der Waals surface area contributed by atoms with E-state index in [4.69, 9.17) is 11.6 Å². The Morgan fingerprint density at radius 1 is 1.16 bits per heavy atom. The van der Waals surface area contributed by atoms with Crippen molar-refractivity contribution < 1.29 is 18.0 Å². The number of amides is 2. The molecule has 1 aliphatic heterocycles. The Kier molecular flexibility index (Phi) is 7.86. The minimum atomic E-state index is -3.58. The zero-order valence-corrected chi connectivity index (χ0v) is 19.7. The first kappa shape index (κ1) is 24.2. The maximum atomic E-state index is 13.0. The Morgan fingerprint density at radius 3 is 2.44 bits per heavy atom. The Balaban J connectivity index is 1.67. The number of carbonyl (C=O) groups excluding carboxylic acids is 2. The van der Waals surface area contributed by atoms with E-state index in [9.17, 15) is 18.0 Å². The molecule has 10 heteroatoms. The van der Waals surface area contributed by atoms with Gasteiger partial charge in [0.2, 0.25) is 15.9 Å². The van der Waals surface area contributed by atoms with E-state index in [1.165, 1.54) is 34.8 Å². The van der Waals surface area contributed by atoms with Gasteiger partial charge in [-0.05, 0) is 49.2 Å². The van der Waals surface area contributed by atoms with E-state index in [2.05, 4.69) is 10.3 Å². The van der Waals surface area contributed by atoms with Crippen LogP contribution in [0.25, 0.3) is 0 Å². The summed E-state index contributed by atoms with van der Waals surface area (Å²) in [7, 11) is -3.58. The van der Waals surface area contributed by atoms with E-state index in [0.717, 1.165) is 0 Å². The van der Waals surface area contributed by atoms with Gasteiger partial charge >= 0.3 is 0 Å². The van der Waals surface area contributed by atoms with Crippen molar-refractivity contribution in [2.45, 2.75) is 31.6 Å². The molecule has 1 atom stereocenters. The lowest BCUT2D eigenvalue weighted by molar-refractivity contribution is -0.121. The number of carbonyl (C=O) groups is 2. The number of halogens is 1. The van der Waals surface area contributed by atoms with Crippen molar-refractivity contribution in [3.63, 3.8) is 0 Å². The molecule has 0 aliphatic carbocycles. The predicted molar refractivity (Wildman–Crippen MR) is 123 cm³/mol. The van der Waals surface area contributed by atoms with Gasteiger partial charge in [-0.1, -0.05) is 25.4 Å². The monoisotopic (exact) mass is 478 g/mol. The van der Waals surface area contributed by atoms with Crippen LogP contribution in [-0.4, -0.2) is 60.6 Å². The summed E-state index contributed by atoms with van der Waals surface area (Å²) >= 11 is 5.82. The van der Waals surface area contributed by atoms with Gasteiger partial charge in [0.25, 0.3) is 5.91 Å². The van der Waals surface area contributed by atoms with Crippen molar-refractivity contribution in [3.05, 3.63) is 53.2 Å². The summed E-state index contributed by atoms with van der Waals surface area (Å²) in [5, 5.41) is 3.25. The number of hydrogen-bond acceptors (Lipinski definition) is 5. The van der Waals surface area contributed by atoms with Gasteiger partial charge in [0.1, 0.15) is 5.82 Å². The SMILES string of the molecule is CCN(CC)S(=O)(=O)c1ccc(C(=O)N2CCCC(C(=O)Nc3ccc(Cl)cn3)C2)cc1. The number of nitrogens with one attached hydrogen (secondary N) is 1. The summed E-state index contributed by atoms with van der Waals surface area (Å²) in [5.74, 6) is -0.364. The fourth-order valence-electron chi connectivity index (χ4n) is 3.72. The Morgan fingerprint density at radius 2 is 1.84 bits per heavy atom. The van der Waals surface area contributed by atoms with E-state index in [1.807, 2.05) is 0 Å². The molecule has 3 rings (SSSR count). The number of piperidine rings is 1. The lowest BCUT2D eigenvalue weighted by atomic mass is 9.96. The molecule has 0 spiro atoms. The molecule has 1 aromatic heterocycles. The summed E-state index contributed by atoms with van der Waals surface area (Å²) in [4.78, 5) is 31.5. The highest BCUT2D eigenvalue weighted by atomic mass is 35.5. The number of nitrogens with zero attached hydrogens (tertiary/aromatic N) is 3. The third-order valence-corrected chi connectivity index (χ3v) is 7.79. The summed E-state index contributed by atoms with van der Waals surface area (Å²) in [6.45, 7) is 5.15. The summed E-state index contributed by atoms with van der Waals surface area (Å²) in [5.41, 5.74) is 0.393. The van der Waals surface area contributed by atoms with E-state index >= 15 is 0 Å². The molecule has 1 saturated heterocycles. The normalized spacial score (nSPS) is 16.8. The van der Waals surface area contributed by atoms with Crippen LogP contribution in [0.1, 0.15) is 37.0 Å². The van der Waals surface area contributed by atoms with Crippen LogP contribution >= 0.6 is 11.6 Å². The van der Waals surface area contributed by atoms with Gasteiger partial charge in [-0.2, -0.15) is 4.31 Å². The van der Waals surface area contributed by atoms with Crippen LogP contribution in [0.2, 0.25) is 5.02 Å². The highest BCUT2D eigenvalue weighted by Crippen LogP contribution is 2.22. The van der Waals surface area contributed by atoms with Crippen LogP contribution in [0.3, 0.4) is 0 Å². The van der Waals surface area contributed by atoms with Crippen molar-refractivity contribution in [2.24, 2.45) is 5.92 Å². The van der Waals surface area contributed by atoms with Gasteiger partial charge in [-0.15, -0.1) is 0 Å². The molecule has 172 valence electrons. The molecule has 0 radical (unpaired) electrons. The maximum Gasteiger partial charge on any atom is 0.253 e. The van der Waals surface area contributed by atoms with Gasteiger partial charge in [0.05, 0.1) is 15.8 Å². The molecule has 1 N–H and O–H groups in total.